The number of benzene rings is 3. The van der Waals surface area contributed by atoms with Crippen molar-refractivity contribution >= 4 is 29.0 Å². The number of rotatable bonds is 9. The van der Waals surface area contributed by atoms with Crippen LogP contribution in [-0.2, 0) is 22.4 Å². The molecule has 2 heterocycles. The van der Waals surface area contributed by atoms with Crippen molar-refractivity contribution in [2.45, 2.75) is 51.3 Å². The van der Waals surface area contributed by atoms with E-state index in [2.05, 4.69) is 48.6 Å². The molecule has 0 spiro atoms. The minimum absolute atomic E-state index is 0.0159. The SMILES string of the molecule is CC(=O)N1CC2CC(c3cccc(CC(C)Oc4ccc(Cl)cc4)c3)=C(C(=O)N(C)CCc3ccccc3)[C@@H](C1)N2. The molecule has 2 unspecified atom stereocenters. The van der Waals surface area contributed by atoms with Gasteiger partial charge in [0.25, 0.3) is 5.91 Å². The van der Waals surface area contributed by atoms with Crippen LogP contribution in [0.4, 0.5) is 0 Å². The van der Waals surface area contributed by atoms with Crippen LogP contribution in [0.5, 0.6) is 5.75 Å². The van der Waals surface area contributed by atoms with Crippen molar-refractivity contribution in [3.63, 3.8) is 0 Å². The molecule has 3 atom stereocenters. The Morgan fingerprint density at radius 1 is 1.02 bits per heavy atom. The number of nitrogens with zero attached hydrogens (tertiary/aromatic N) is 2. The summed E-state index contributed by atoms with van der Waals surface area (Å²) in [7, 11) is 1.87. The highest BCUT2D eigenvalue weighted by Gasteiger charge is 2.39. The third-order valence-electron chi connectivity index (χ3n) is 7.96. The van der Waals surface area contributed by atoms with E-state index in [1.54, 1.807) is 6.92 Å². The van der Waals surface area contributed by atoms with Crippen LogP contribution in [0.25, 0.3) is 5.57 Å². The Kier molecular flexibility index (Phi) is 9.11. The lowest BCUT2D eigenvalue weighted by atomic mass is 9.82. The Balaban J connectivity index is 1.40. The summed E-state index contributed by atoms with van der Waals surface area (Å²) in [6.07, 6.45) is 2.16. The van der Waals surface area contributed by atoms with E-state index in [1.807, 2.05) is 59.3 Å². The van der Waals surface area contributed by atoms with E-state index in [-0.39, 0.29) is 30.0 Å². The summed E-state index contributed by atoms with van der Waals surface area (Å²) < 4.78 is 6.13. The molecular formula is C34H38ClN3O3. The minimum Gasteiger partial charge on any atom is -0.490 e. The van der Waals surface area contributed by atoms with Crippen LogP contribution in [0.15, 0.2) is 84.4 Å². The zero-order valence-corrected chi connectivity index (χ0v) is 24.7. The van der Waals surface area contributed by atoms with Crippen molar-refractivity contribution in [1.82, 2.24) is 15.1 Å². The Hall–Kier alpha value is -3.61. The van der Waals surface area contributed by atoms with Crippen molar-refractivity contribution < 1.29 is 14.3 Å². The van der Waals surface area contributed by atoms with Gasteiger partial charge < -0.3 is 19.9 Å². The molecule has 0 saturated carbocycles. The van der Waals surface area contributed by atoms with Gasteiger partial charge in [-0.3, -0.25) is 9.59 Å². The average molecular weight is 572 g/mol. The first-order valence-electron chi connectivity index (χ1n) is 14.3. The molecule has 2 aliphatic rings. The number of carbonyl (C=O) groups is 2. The molecule has 3 aromatic rings. The number of amides is 2. The zero-order valence-electron chi connectivity index (χ0n) is 24.0. The Bertz CT molecular complexity index is 1410. The van der Waals surface area contributed by atoms with Crippen LogP contribution in [-0.4, -0.2) is 66.5 Å². The van der Waals surface area contributed by atoms with Gasteiger partial charge in [-0.1, -0.05) is 66.2 Å². The third-order valence-corrected chi connectivity index (χ3v) is 8.21. The lowest BCUT2D eigenvalue weighted by Crippen LogP contribution is -2.61. The van der Waals surface area contributed by atoms with Crippen LogP contribution >= 0.6 is 11.6 Å². The maximum atomic E-state index is 14.1. The van der Waals surface area contributed by atoms with Crippen molar-refractivity contribution in [3.8, 4) is 5.75 Å². The molecule has 3 aromatic carbocycles. The van der Waals surface area contributed by atoms with Gasteiger partial charge in [-0.25, -0.2) is 0 Å². The highest BCUT2D eigenvalue weighted by atomic mass is 35.5. The van der Waals surface area contributed by atoms with Gasteiger partial charge in [-0.15, -0.1) is 0 Å². The van der Waals surface area contributed by atoms with Gasteiger partial charge >= 0.3 is 0 Å². The number of hydrogen-bond donors (Lipinski definition) is 1. The number of hydrogen-bond acceptors (Lipinski definition) is 4. The van der Waals surface area contributed by atoms with Gasteiger partial charge in [0, 0.05) is 56.7 Å². The zero-order chi connectivity index (χ0) is 28.9. The fourth-order valence-corrected chi connectivity index (χ4v) is 6.00. The number of piperazine rings is 1. The van der Waals surface area contributed by atoms with E-state index in [4.69, 9.17) is 16.3 Å². The molecule has 2 amide bonds. The Morgan fingerprint density at radius 3 is 2.49 bits per heavy atom. The number of ether oxygens (including phenoxy) is 1. The van der Waals surface area contributed by atoms with Crippen molar-refractivity contribution in [2.75, 3.05) is 26.7 Å². The standard InChI is InChI=1S/C34H38ClN3O3/c1-23(41-30-14-12-28(35)13-15-30)18-26-10-7-11-27(19-26)31-20-29-21-38(24(2)39)22-32(36-29)33(31)34(40)37(3)17-16-25-8-5-4-6-9-25/h4-15,19,23,29,32,36H,16-18,20-22H2,1-3H3/t23?,29?,32-/m1/s1. The quantitative estimate of drug-likeness (QED) is 0.374. The second-order valence-electron chi connectivity index (χ2n) is 11.2. The number of halogens is 1. The maximum Gasteiger partial charge on any atom is 0.251 e. The number of carbonyl (C=O) groups excluding carboxylic acids is 2. The van der Waals surface area contributed by atoms with Crippen LogP contribution < -0.4 is 10.1 Å². The maximum absolute atomic E-state index is 14.1. The highest BCUT2D eigenvalue weighted by Crippen LogP contribution is 2.34. The lowest BCUT2D eigenvalue weighted by molar-refractivity contribution is -0.132. The second-order valence-corrected chi connectivity index (χ2v) is 11.6. The fraction of sp³-hybridized carbons (Fsp3) is 0.353. The molecule has 0 aliphatic carbocycles. The van der Waals surface area contributed by atoms with Crippen molar-refractivity contribution in [2.24, 2.45) is 0 Å². The Labute approximate surface area is 247 Å². The fourth-order valence-electron chi connectivity index (χ4n) is 5.88. The number of fused-ring (bicyclic) bond motifs is 2. The van der Waals surface area contributed by atoms with Gasteiger partial charge in [-0.2, -0.15) is 0 Å². The number of likely N-dealkylation sites (N-methyl/N-ethyl adjacent to an activating group) is 1. The second kappa shape index (κ2) is 12.9. The Morgan fingerprint density at radius 2 is 1.76 bits per heavy atom. The molecule has 1 fully saturated rings. The summed E-state index contributed by atoms with van der Waals surface area (Å²) in [5, 5.41) is 4.33. The van der Waals surface area contributed by atoms with Gasteiger partial charge in [0.1, 0.15) is 5.75 Å². The van der Waals surface area contributed by atoms with E-state index < -0.39 is 0 Å². The van der Waals surface area contributed by atoms with E-state index in [1.165, 1.54) is 5.56 Å². The molecule has 0 radical (unpaired) electrons. The average Bonchev–Trinajstić information content (AvgIpc) is 2.97. The van der Waals surface area contributed by atoms with Crippen LogP contribution in [0.2, 0.25) is 5.02 Å². The summed E-state index contributed by atoms with van der Waals surface area (Å²) in [4.78, 5) is 30.1. The molecule has 2 aliphatic heterocycles. The summed E-state index contributed by atoms with van der Waals surface area (Å²) in [5.41, 5.74) is 5.26. The van der Waals surface area contributed by atoms with Gasteiger partial charge in [0.2, 0.25) is 5.91 Å². The van der Waals surface area contributed by atoms with Crippen LogP contribution in [0, 0.1) is 0 Å². The van der Waals surface area contributed by atoms with Gasteiger partial charge in [-0.05, 0) is 66.3 Å². The molecule has 1 N–H and O–H groups in total. The first-order valence-corrected chi connectivity index (χ1v) is 14.7. The van der Waals surface area contributed by atoms with Crippen molar-refractivity contribution in [1.29, 1.82) is 0 Å². The predicted octanol–water partition coefficient (Wildman–Crippen LogP) is 5.40. The molecule has 214 valence electrons. The van der Waals surface area contributed by atoms with Crippen molar-refractivity contribution in [3.05, 3.63) is 106 Å². The van der Waals surface area contributed by atoms with Crippen LogP contribution in [0.3, 0.4) is 0 Å². The molecule has 6 nitrogen and oxygen atoms in total. The lowest BCUT2D eigenvalue weighted by Gasteiger charge is -2.44. The largest absolute Gasteiger partial charge is 0.490 e. The number of nitrogens with one attached hydrogen (secondary N) is 1. The molecule has 0 aromatic heterocycles. The van der Waals surface area contributed by atoms with E-state index >= 15 is 0 Å². The van der Waals surface area contributed by atoms with E-state index in [9.17, 15) is 9.59 Å². The highest BCUT2D eigenvalue weighted by molar-refractivity contribution is 6.30. The molecule has 41 heavy (non-hydrogen) atoms. The van der Waals surface area contributed by atoms with E-state index in [0.29, 0.717) is 31.1 Å². The van der Waals surface area contributed by atoms with Crippen LogP contribution in [0.1, 0.15) is 37.0 Å². The summed E-state index contributed by atoms with van der Waals surface area (Å²) in [6.45, 7) is 5.42. The van der Waals surface area contributed by atoms with E-state index in [0.717, 1.165) is 40.9 Å². The first-order chi connectivity index (χ1) is 19.8. The summed E-state index contributed by atoms with van der Waals surface area (Å²) >= 11 is 6.02. The first kappa shape index (κ1) is 28.9. The molecule has 2 bridgehead atoms. The molecule has 5 rings (SSSR count). The molecule has 7 heteroatoms. The van der Waals surface area contributed by atoms with Gasteiger partial charge in [0.05, 0.1) is 12.1 Å². The third kappa shape index (κ3) is 7.19. The van der Waals surface area contributed by atoms with Gasteiger partial charge in [0.15, 0.2) is 0 Å². The normalized spacial score (nSPS) is 19.1. The predicted molar refractivity (Wildman–Crippen MR) is 164 cm³/mol. The molecular weight excluding hydrogens is 534 g/mol. The topological polar surface area (TPSA) is 61.9 Å². The summed E-state index contributed by atoms with van der Waals surface area (Å²) in [6, 6.07) is 26.0. The summed E-state index contributed by atoms with van der Waals surface area (Å²) in [5.74, 6) is 0.848. The minimum atomic E-state index is -0.205. The molecule has 1 saturated heterocycles. The monoisotopic (exact) mass is 571 g/mol. The smallest absolute Gasteiger partial charge is 0.251 e.